The predicted octanol–water partition coefficient (Wildman–Crippen LogP) is 1.82. The molecule has 0 saturated heterocycles. The zero-order valence-corrected chi connectivity index (χ0v) is 13.3. The molecule has 1 fully saturated rings. The van der Waals surface area contributed by atoms with Gasteiger partial charge in [-0.05, 0) is 25.0 Å². The number of amides is 1. The van der Waals surface area contributed by atoms with E-state index in [2.05, 4.69) is 16.5 Å². The zero-order valence-electron chi connectivity index (χ0n) is 13.3. The largest absolute Gasteiger partial charge is 0.493 e. The fraction of sp³-hybridized carbons (Fsp3) is 0.444. The first-order chi connectivity index (χ1) is 11.2. The first-order valence-electron chi connectivity index (χ1n) is 8.18. The van der Waals surface area contributed by atoms with Crippen LogP contribution in [0.5, 0.6) is 5.75 Å². The summed E-state index contributed by atoms with van der Waals surface area (Å²) in [6.07, 6.45) is 4.46. The Labute approximate surface area is 135 Å². The molecule has 5 heteroatoms. The highest BCUT2D eigenvalue weighted by molar-refractivity contribution is 5.84. The molecule has 4 rings (SSSR count). The maximum atomic E-state index is 12.5. The van der Waals surface area contributed by atoms with Crippen LogP contribution < -0.4 is 10.1 Å². The van der Waals surface area contributed by atoms with E-state index >= 15 is 0 Å². The van der Waals surface area contributed by atoms with Crippen LogP contribution in [0, 0.1) is 5.92 Å². The number of hydrogen-bond donors (Lipinski definition) is 1. The molecule has 1 spiro atoms. The number of para-hydroxylation sites is 1. The van der Waals surface area contributed by atoms with E-state index in [1.807, 2.05) is 36.0 Å². The quantitative estimate of drug-likeness (QED) is 0.937. The van der Waals surface area contributed by atoms with Gasteiger partial charge in [0.25, 0.3) is 0 Å². The number of aryl methyl sites for hydroxylation is 1. The first-order valence-corrected chi connectivity index (χ1v) is 8.18. The lowest BCUT2D eigenvalue weighted by Gasteiger charge is -2.26. The minimum atomic E-state index is 0.00541. The third-order valence-electron chi connectivity index (χ3n) is 5.22. The Hall–Kier alpha value is -2.30. The van der Waals surface area contributed by atoms with Gasteiger partial charge in [-0.15, -0.1) is 0 Å². The van der Waals surface area contributed by atoms with Gasteiger partial charge in [-0.2, -0.15) is 5.10 Å². The van der Waals surface area contributed by atoms with Gasteiger partial charge >= 0.3 is 0 Å². The minimum absolute atomic E-state index is 0.00541. The highest BCUT2D eigenvalue weighted by Crippen LogP contribution is 2.60. The fourth-order valence-corrected chi connectivity index (χ4v) is 3.79. The van der Waals surface area contributed by atoms with Crippen LogP contribution in [0.3, 0.4) is 0 Å². The minimum Gasteiger partial charge on any atom is -0.493 e. The van der Waals surface area contributed by atoms with Crippen molar-refractivity contribution in [2.45, 2.75) is 24.7 Å². The van der Waals surface area contributed by atoms with E-state index in [0.717, 1.165) is 30.7 Å². The standard InChI is InChI=1S/C18H21N3O2/c1-21-13(7-10-20-21)6-9-19-17(22)15-12-18(15)8-11-23-16-5-3-2-4-14(16)18/h2-5,7,10,15H,6,8-9,11-12H2,1H3,(H,19,22)/t15-,18+/m0/s1. The van der Waals surface area contributed by atoms with E-state index in [0.29, 0.717) is 13.2 Å². The van der Waals surface area contributed by atoms with Crippen LogP contribution in [-0.2, 0) is 23.7 Å². The average Bonchev–Trinajstić information content (AvgIpc) is 3.14. The molecule has 1 amide bonds. The first kappa shape index (κ1) is 14.3. The second kappa shape index (κ2) is 5.41. The number of carbonyl (C=O) groups excluding carboxylic acids is 1. The molecule has 2 aliphatic rings. The number of aromatic nitrogens is 2. The Kier molecular flexibility index (Phi) is 3.36. The van der Waals surface area contributed by atoms with Gasteiger partial charge in [0.15, 0.2) is 0 Å². The summed E-state index contributed by atoms with van der Waals surface area (Å²) in [5.74, 6) is 1.20. The van der Waals surface area contributed by atoms with Crippen LogP contribution in [-0.4, -0.2) is 28.8 Å². The topological polar surface area (TPSA) is 56.2 Å². The second-order valence-corrected chi connectivity index (χ2v) is 6.49. The van der Waals surface area contributed by atoms with Crippen LogP contribution in [0.2, 0.25) is 0 Å². The van der Waals surface area contributed by atoms with Gasteiger partial charge in [0, 0.05) is 48.8 Å². The molecule has 2 heterocycles. The maximum absolute atomic E-state index is 12.5. The smallest absolute Gasteiger partial charge is 0.224 e. The average molecular weight is 311 g/mol. The summed E-state index contributed by atoms with van der Waals surface area (Å²) in [5.41, 5.74) is 2.34. The van der Waals surface area contributed by atoms with Gasteiger partial charge in [-0.3, -0.25) is 9.48 Å². The van der Waals surface area contributed by atoms with Crippen molar-refractivity contribution in [2.75, 3.05) is 13.2 Å². The third kappa shape index (κ3) is 2.40. The summed E-state index contributed by atoms with van der Waals surface area (Å²) in [7, 11) is 1.92. The molecule has 1 saturated carbocycles. The molecule has 1 aromatic heterocycles. The van der Waals surface area contributed by atoms with Crippen molar-refractivity contribution < 1.29 is 9.53 Å². The van der Waals surface area contributed by atoms with E-state index in [1.54, 1.807) is 6.20 Å². The number of nitrogens with zero attached hydrogens (tertiary/aromatic N) is 2. The molecule has 0 radical (unpaired) electrons. The van der Waals surface area contributed by atoms with Gasteiger partial charge in [0.05, 0.1) is 6.61 Å². The van der Waals surface area contributed by atoms with Crippen molar-refractivity contribution in [2.24, 2.45) is 13.0 Å². The molecular weight excluding hydrogens is 290 g/mol. The fourth-order valence-electron chi connectivity index (χ4n) is 3.79. The summed E-state index contributed by atoms with van der Waals surface area (Å²) < 4.78 is 7.58. The Bertz CT molecular complexity index is 739. The molecule has 0 unspecified atom stereocenters. The monoisotopic (exact) mass is 311 g/mol. The SMILES string of the molecule is Cn1nccc1CCNC(=O)[C@@H]1C[C@@]12CCOc1ccccc12. The van der Waals surface area contributed by atoms with Crippen molar-refractivity contribution in [3.05, 3.63) is 47.8 Å². The number of carbonyl (C=O) groups is 1. The molecular formula is C18H21N3O2. The van der Waals surface area contributed by atoms with E-state index in [9.17, 15) is 4.79 Å². The van der Waals surface area contributed by atoms with E-state index in [1.165, 1.54) is 5.56 Å². The van der Waals surface area contributed by atoms with Gasteiger partial charge in [0.1, 0.15) is 5.75 Å². The van der Waals surface area contributed by atoms with E-state index in [4.69, 9.17) is 4.74 Å². The molecule has 23 heavy (non-hydrogen) atoms. The Morgan fingerprint density at radius 1 is 1.43 bits per heavy atom. The summed E-state index contributed by atoms with van der Waals surface area (Å²) in [6, 6.07) is 10.1. The van der Waals surface area contributed by atoms with Gasteiger partial charge in [-0.25, -0.2) is 0 Å². The van der Waals surface area contributed by atoms with Crippen LogP contribution in [0.4, 0.5) is 0 Å². The summed E-state index contributed by atoms with van der Waals surface area (Å²) in [4.78, 5) is 12.5. The number of rotatable bonds is 4. The number of benzene rings is 1. The maximum Gasteiger partial charge on any atom is 0.224 e. The second-order valence-electron chi connectivity index (χ2n) is 6.49. The van der Waals surface area contributed by atoms with E-state index in [-0.39, 0.29) is 17.2 Å². The highest BCUT2D eigenvalue weighted by atomic mass is 16.5. The number of ether oxygens (including phenoxy) is 1. The van der Waals surface area contributed by atoms with Gasteiger partial charge in [0.2, 0.25) is 5.91 Å². The van der Waals surface area contributed by atoms with Crippen LogP contribution in [0.15, 0.2) is 36.5 Å². The molecule has 5 nitrogen and oxygen atoms in total. The molecule has 1 aliphatic carbocycles. The molecule has 1 aromatic carbocycles. The lowest BCUT2D eigenvalue weighted by Crippen LogP contribution is -2.32. The van der Waals surface area contributed by atoms with Gasteiger partial charge in [-0.1, -0.05) is 18.2 Å². The predicted molar refractivity (Wildman–Crippen MR) is 86.3 cm³/mol. The van der Waals surface area contributed by atoms with Crippen molar-refractivity contribution >= 4 is 5.91 Å². The summed E-state index contributed by atoms with van der Waals surface area (Å²) in [6.45, 7) is 1.36. The normalized spacial score (nSPS) is 24.8. The molecule has 1 N–H and O–H groups in total. The van der Waals surface area contributed by atoms with E-state index < -0.39 is 0 Å². The molecule has 1 aliphatic heterocycles. The number of nitrogens with one attached hydrogen (secondary N) is 1. The van der Waals surface area contributed by atoms with Crippen molar-refractivity contribution in [1.82, 2.24) is 15.1 Å². The molecule has 120 valence electrons. The number of fused-ring (bicyclic) bond motifs is 2. The Balaban J connectivity index is 1.39. The van der Waals surface area contributed by atoms with Crippen molar-refractivity contribution in [1.29, 1.82) is 0 Å². The summed E-state index contributed by atoms with van der Waals surface area (Å²) >= 11 is 0. The lowest BCUT2D eigenvalue weighted by molar-refractivity contribution is -0.122. The van der Waals surface area contributed by atoms with Crippen molar-refractivity contribution in [3.8, 4) is 5.75 Å². The third-order valence-corrected chi connectivity index (χ3v) is 5.22. The molecule has 2 aromatic rings. The highest BCUT2D eigenvalue weighted by Gasteiger charge is 2.60. The lowest BCUT2D eigenvalue weighted by atomic mass is 9.87. The van der Waals surface area contributed by atoms with Crippen LogP contribution >= 0.6 is 0 Å². The Morgan fingerprint density at radius 3 is 3.13 bits per heavy atom. The summed E-state index contributed by atoms with van der Waals surface area (Å²) in [5, 5.41) is 7.24. The molecule has 0 bridgehead atoms. The zero-order chi connectivity index (χ0) is 15.9. The van der Waals surface area contributed by atoms with Crippen LogP contribution in [0.25, 0.3) is 0 Å². The Morgan fingerprint density at radius 2 is 2.30 bits per heavy atom. The van der Waals surface area contributed by atoms with Gasteiger partial charge < -0.3 is 10.1 Å². The number of hydrogen-bond acceptors (Lipinski definition) is 3. The van der Waals surface area contributed by atoms with Crippen molar-refractivity contribution in [3.63, 3.8) is 0 Å². The molecule has 2 atom stereocenters. The van der Waals surface area contributed by atoms with Crippen LogP contribution in [0.1, 0.15) is 24.1 Å².